The van der Waals surface area contributed by atoms with Gasteiger partial charge in [-0.05, 0) is 57.7 Å². The average Bonchev–Trinajstić information content (AvgIpc) is 3.59. The maximum absolute atomic E-state index is 11.5. The van der Waals surface area contributed by atoms with Gasteiger partial charge in [0.2, 0.25) is 0 Å². The molecule has 0 unspecified atom stereocenters. The van der Waals surface area contributed by atoms with Crippen molar-refractivity contribution in [2.45, 2.75) is 53.4 Å². The molecule has 0 aliphatic carbocycles. The topological polar surface area (TPSA) is 129 Å². The Labute approximate surface area is 259 Å². The fourth-order valence-electron chi connectivity index (χ4n) is 5.61. The first-order valence-electron chi connectivity index (χ1n) is 13.8. The van der Waals surface area contributed by atoms with Crippen molar-refractivity contribution in [3.8, 4) is 0 Å². The fraction of sp³-hybridized carbons (Fsp3) is 0.235. The molecule has 9 heteroatoms. The van der Waals surface area contributed by atoms with Crippen LogP contribution >= 0.6 is 0 Å². The van der Waals surface area contributed by atoms with E-state index in [2.05, 4.69) is 13.2 Å². The number of rotatable bonds is 8. The minimum Gasteiger partial charge on any atom is -0.657 e. The van der Waals surface area contributed by atoms with Crippen LogP contribution in [0.2, 0.25) is 0 Å². The van der Waals surface area contributed by atoms with Gasteiger partial charge in [0.15, 0.2) is 0 Å². The van der Waals surface area contributed by atoms with Crippen LogP contribution in [0.5, 0.6) is 0 Å². The number of carboxylic acids is 2. The Balaban J connectivity index is 0.00000423. The van der Waals surface area contributed by atoms with Crippen molar-refractivity contribution in [2.24, 2.45) is 0 Å². The Morgan fingerprint density at radius 1 is 0.674 bits per heavy atom. The zero-order chi connectivity index (χ0) is 30.3. The molecule has 8 nitrogen and oxygen atoms in total. The molecule has 5 rings (SSSR count). The Bertz CT molecular complexity index is 1920. The molecule has 0 amide bonds. The number of hydrogen-bond donors (Lipinski definition) is 2. The third-order valence-corrected chi connectivity index (χ3v) is 8.06. The second-order valence-corrected chi connectivity index (χ2v) is 10.6. The van der Waals surface area contributed by atoms with Crippen LogP contribution in [0.1, 0.15) is 71.7 Å². The molecule has 0 aromatic carbocycles. The summed E-state index contributed by atoms with van der Waals surface area (Å²) in [5.41, 5.74) is 12.6. The van der Waals surface area contributed by atoms with E-state index >= 15 is 0 Å². The number of carboxylic acid groups (broad SMARTS) is 2. The molecule has 2 aliphatic rings. The third kappa shape index (κ3) is 5.90. The third-order valence-electron chi connectivity index (χ3n) is 8.06. The van der Waals surface area contributed by atoms with Gasteiger partial charge < -0.3 is 20.2 Å². The van der Waals surface area contributed by atoms with Crippen LogP contribution < -0.4 is 9.97 Å². The predicted octanol–water partition coefficient (Wildman–Crippen LogP) is 6.46. The number of allylic oxidation sites excluding steroid dienone is 6. The largest absolute Gasteiger partial charge is 2.00 e. The zero-order valence-corrected chi connectivity index (χ0v) is 25.5. The van der Waals surface area contributed by atoms with Crippen molar-refractivity contribution >= 4 is 56.3 Å². The van der Waals surface area contributed by atoms with Crippen molar-refractivity contribution in [1.29, 1.82) is 0 Å². The van der Waals surface area contributed by atoms with Crippen LogP contribution in [-0.2, 0) is 38.9 Å². The van der Waals surface area contributed by atoms with Crippen molar-refractivity contribution in [1.82, 2.24) is 19.9 Å². The number of fused-ring (bicyclic) bond motifs is 8. The van der Waals surface area contributed by atoms with Crippen molar-refractivity contribution < 1.29 is 36.3 Å². The van der Waals surface area contributed by atoms with E-state index in [9.17, 15) is 19.8 Å². The first-order chi connectivity index (χ1) is 20.0. The Morgan fingerprint density at radius 3 is 1.49 bits per heavy atom. The molecule has 0 atom stereocenters. The quantitative estimate of drug-likeness (QED) is 0.275. The van der Waals surface area contributed by atoms with Crippen LogP contribution in [0.15, 0.2) is 49.6 Å². The van der Waals surface area contributed by atoms with Gasteiger partial charge in [0.05, 0.1) is 22.8 Å². The summed E-state index contributed by atoms with van der Waals surface area (Å²) in [5, 5.41) is 18.9. The van der Waals surface area contributed by atoms with E-state index in [1.165, 1.54) is 0 Å². The number of carbonyl (C=O) groups is 2. The zero-order valence-electron chi connectivity index (χ0n) is 24.5. The van der Waals surface area contributed by atoms with Gasteiger partial charge in [-0.2, -0.15) is 0 Å². The van der Waals surface area contributed by atoms with E-state index < -0.39 is 11.9 Å². The smallest absolute Gasteiger partial charge is 0.657 e. The maximum Gasteiger partial charge on any atom is 2.00 e. The monoisotopic (exact) mass is 618 g/mol. The number of aryl methyl sites for hydroxylation is 4. The number of hydrogen-bond acceptors (Lipinski definition) is 4. The molecule has 2 aliphatic heterocycles. The first kappa shape index (κ1) is 31.4. The van der Waals surface area contributed by atoms with Crippen molar-refractivity contribution in [3.63, 3.8) is 0 Å². The Hall–Kier alpha value is -4.49. The van der Waals surface area contributed by atoms with Gasteiger partial charge in [-0.15, -0.1) is 22.1 Å². The molecule has 0 saturated carbocycles. The van der Waals surface area contributed by atoms with Crippen LogP contribution in [0.4, 0.5) is 0 Å². The summed E-state index contributed by atoms with van der Waals surface area (Å²) in [7, 11) is 0. The standard InChI is InChI=1S/C34H34N4O4.Ni/c1-7-21-17(3)25-13-26-19(5)23(9-11-33(39)40)31(37-26)16-32-24(10-12-34(41)42)20(6)28(38-32)15-30-22(8-2)18(4)27(36-30)14-29(21)35-25;/h7-8,13-16H,1-2,9-12H2,3-6H3,(H4,35,36,37,38,39,40,41,42);/q;+2/p-2. The van der Waals surface area contributed by atoms with Gasteiger partial charge in [-0.3, -0.25) is 9.59 Å². The number of aromatic nitrogens is 4. The predicted molar refractivity (Wildman–Crippen MR) is 166 cm³/mol. The molecule has 222 valence electrons. The first-order valence-corrected chi connectivity index (χ1v) is 13.8. The van der Waals surface area contributed by atoms with E-state index in [-0.39, 0.29) is 29.3 Å². The van der Waals surface area contributed by atoms with Gasteiger partial charge in [-0.1, -0.05) is 65.8 Å². The van der Waals surface area contributed by atoms with Gasteiger partial charge in [0.25, 0.3) is 0 Å². The van der Waals surface area contributed by atoms with Crippen LogP contribution in [-0.4, -0.2) is 32.1 Å². The minimum absolute atomic E-state index is 0. The van der Waals surface area contributed by atoms with Gasteiger partial charge in [0, 0.05) is 24.0 Å². The minimum atomic E-state index is -0.898. The van der Waals surface area contributed by atoms with Crippen LogP contribution in [0, 0.1) is 13.8 Å². The molecule has 0 radical (unpaired) electrons. The second kappa shape index (κ2) is 12.4. The molecular weight excluding hydrogens is 587 g/mol. The van der Waals surface area contributed by atoms with Crippen molar-refractivity contribution in [3.05, 3.63) is 94.6 Å². The summed E-state index contributed by atoms with van der Waals surface area (Å²) in [4.78, 5) is 42.7. The van der Waals surface area contributed by atoms with Gasteiger partial charge in [0.1, 0.15) is 0 Å². The molecule has 0 saturated heterocycles. The van der Waals surface area contributed by atoms with Crippen molar-refractivity contribution in [2.75, 3.05) is 0 Å². The van der Waals surface area contributed by atoms with Gasteiger partial charge in [-0.25, -0.2) is 9.97 Å². The molecule has 0 spiro atoms. The normalized spacial score (nSPS) is 12.7. The van der Waals surface area contributed by atoms with E-state index in [1.54, 1.807) is 12.2 Å². The molecule has 43 heavy (non-hydrogen) atoms. The van der Waals surface area contributed by atoms with E-state index in [4.69, 9.17) is 19.9 Å². The molecule has 0 fully saturated rings. The Morgan fingerprint density at radius 2 is 1.07 bits per heavy atom. The summed E-state index contributed by atoms with van der Waals surface area (Å²) in [6.07, 6.45) is 4.06. The summed E-state index contributed by atoms with van der Waals surface area (Å²) >= 11 is 0. The molecular formula is C34H32N4NiO4. The molecule has 2 N–H and O–H groups in total. The SMILES string of the molecule is C=CC1=C(C)c2cc3[n-]c(cc4[n-]c(cc5nc(cc1n2)C(C)=C5C=C)c(C)c4CCC(=O)O)c(CCC(=O)O)c3C.[Ni+2]. The summed E-state index contributed by atoms with van der Waals surface area (Å²) in [5.74, 6) is -1.80. The molecule has 3 aromatic heterocycles. The summed E-state index contributed by atoms with van der Waals surface area (Å²) in [6.45, 7) is 15.9. The summed E-state index contributed by atoms with van der Waals surface area (Å²) in [6, 6.07) is 7.62. The van der Waals surface area contributed by atoms with Gasteiger partial charge >= 0.3 is 28.4 Å². The van der Waals surface area contributed by atoms with Crippen LogP contribution in [0.25, 0.3) is 44.4 Å². The van der Waals surface area contributed by atoms with E-state index in [0.29, 0.717) is 40.6 Å². The molecule has 5 heterocycles. The van der Waals surface area contributed by atoms with E-state index in [0.717, 1.165) is 61.6 Å². The van der Waals surface area contributed by atoms with E-state index in [1.807, 2.05) is 52.0 Å². The second-order valence-electron chi connectivity index (χ2n) is 10.6. The molecule has 3 aromatic rings. The van der Waals surface area contributed by atoms with Crippen LogP contribution in [0.3, 0.4) is 0 Å². The summed E-state index contributed by atoms with van der Waals surface area (Å²) < 4.78 is 0. The molecule has 8 bridgehead atoms. The average molecular weight is 619 g/mol. The maximum atomic E-state index is 11.5. The Kier molecular flexibility index (Phi) is 9.07. The number of aliphatic carboxylic acids is 2. The fourth-order valence-corrected chi connectivity index (χ4v) is 5.61. The number of nitrogens with zero attached hydrogens (tertiary/aromatic N) is 4.